The molecule has 0 amide bonds. The molecule has 4 heteroatoms. The molecule has 0 bridgehead atoms. The number of halogens is 2. The van der Waals surface area contributed by atoms with Crippen LogP contribution in [0.1, 0.15) is 18.3 Å². The Morgan fingerprint density at radius 1 is 1.18 bits per heavy atom. The number of aryl methyl sites for hydroxylation is 1. The average Bonchev–Trinajstić information content (AvgIpc) is 2.34. The normalized spacial score (nSPS) is 10.6. The summed E-state index contributed by atoms with van der Waals surface area (Å²) in [5, 5.41) is 0.455. The highest BCUT2D eigenvalue weighted by Crippen LogP contribution is 2.25. The van der Waals surface area contributed by atoms with Crippen molar-refractivity contribution >= 4 is 11.6 Å². The van der Waals surface area contributed by atoms with Gasteiger partial charge in [-0.05, 0) is 31.2 Å². The Morgan fingerprint density at radius 3 is 2.41 bits per heavy atom. The molecule has 1 aromatic carbocycles. The second-order valence-electron chi connectivity index (χ2n) is 3.76. The van der Waals surface area contributed by atoms with E-state index >= 15 is 0 Å². The second-order valence-corrected chi connectivity index (χ2v) is 4.12. The van der Waals surface area contributed by atoms with E-state index in [1.807, 2.05) is 13.8 Å². The lowest BCUT2D eigenvalue weighted by atomic mass is 10.1. The fourth-order valence-corrected chi connectivity index (χ4v) is 1.77. The van der Waals surface area contributed by atoms with Crippen LogP contribution in [0.3, 0.4) is 0 Å². The lowest BCUT2D eigenvalue weighted by molar-refractivity contribution is 0.628. The maximum Gasteiger partial charge on any atom is 0.136 e. The van der Waals surface area contributed by atoms with Crippen LogP contribution in [0.2, 0.25) is 5.15 Å². The fraction of sp³-hybridized carbons (Fsp3) is 0.231. The van der Waals surface area contributed by atoms with Gasteiger partial charge >= 0.3 is 0 Å². The molecule has 2 aromatic rings. The number of rotatable bonds is 2. The van der Waals surface area contributed by atoms with Crippen LogP contribution in [0.25, 0.3) is 11.3 Å². The zero-order chi connectivity index (χ0) is 12.4. The molecule has 0 aliphatic rings. The molecule has 0 saturated carbocycles. The Kier molecular flexibility index (Phi) is 3.38. The van der Waals surface area contributed by atoms with E-state index in [4.69, 9.17) is 11.6 Å². The van der Waals surface area contributed by atoms with E-state index in [9.17, 15) is 4.39 Å². The first-order chi connectivity index (χ1) is 8.11. The van der Waals surface area contributed by atoms with Crippen LogP contribution in [0.4, 0.5) is 4.39 Å². The van der Waals surface area contributed by atoms with Gasteiger partial charge in [-0.15, -0.1) is 0 Å². The average molecular weight is 251 g/mol. The molecule has 0 unspecified atom stereocenters. The van der Waals surface area contributed by atoms with Gasteiger partial charge in [0, 0.05) is 17.5 Å². The van der Waals surface area contributed by atoms with E-state index in [1.165, 1.54) is 12.1 Å². The van der Waals surface area contributed by atoms with E-state index in [2.05, 4.69) is 9.97 Å². The molecule has 0 N–H and O–H groups in total. The minimum Gasteiger partial charge on any atom is -0.233 e. The summed E-state index contributed by atoms with van der Waals surface area (Å²) < 4.78 is 12.9. The van der Waals surface area contributed by atoms with E-state index in [-0.39, 0.29) is 5.82 Å². The number of aromatic nitrogens is 2. The Morgan fingerprint density at radius 2 is 1.82 bits per heavy atom. The molecule has 2 rings (SSSR count). The molecule has 0 aliphatic heterocycles. The maximum atomic E-state index is 12.9. The molecule has 2 nitrogen and oxygen atoms in total. The van der Waals surface area contributed by atoms with Crippen molar-refractivity contribution in [1.29, 1.82) is 0 Å². The van der Waals surface area contributed by atoms with Crippen LogP contribution in [0.5, 0.6) is 0 Å². The number of nitrogens with zero attached hydrogens (tertiary/aromatic N) is 2. The van der Waals surface area contributed by atoms with Gasteiger partial charge in [-0.3, -0.25) is 0 Å². The molecule has 1 heterocycles. The third kappa shape index (κ3) is 2.44. The molecule has 17 heavy (non-hydrogen) atoms. The molecule has 0 spiro atoms. The van der Waals surface area contributed by atoms with Crippen molar-refractivity contribution in [2.24, 2.45) is 0 Å². The first kappa shape index (κ1) is 12.0. The van der Waals surface area contributed by atoms with Crippen LogP contribution in [0, 0.1) is 12.7 Å². The van der Waals surface area contributed by atoms with Crippen LogP contribution < -0.4 is 0 Å². The SMILES string of the molecule is CCc1nc(Cl)c(C)c(-c2ccc(F)cc2)n1. The third-order valence-corrected chi connectivity index (χ3v) is 2.93. The molecule has 0 saturated heterocycles. The summed E-state index contributed by atoms with van der Waals surface area (Å²) in [6, 6.07) is 6.22. The molecule has 0 radical (unpaired) electrons. The highest BCUT2D eigenvalue weighted by atomic mass is 35.5. The molecular formula is C13H12ClFN2. The van der Waals surface area contributed by atoms with Crippen molar-refractivity contribution in [3.63, 3.8) is 0 Å². The van der Waals surface area contributed by atoms with Gasteiger partial charge in [0.25, 0.3) is 0 Å². The molecule has 88 valence electrons. The monoisotopic (exact) mass is 250 g/mol. The summed E-state index contributed by atoms with van der Waals surface area (Å²) in [4.78, 5) is 8.61. The molecule has 0 atom stereocenters. The Bertz CT molecular complexity index is 538. The van der Waals surface area contributed by atoms with E-state index < -0.39 is 0 Å². The lowest BCUT2D eigenvalue weighted by Crippen LogP contribution is -1.99. The summed E-state index contributed by atoms with van der Waals surface area (Å²) in [5.74, 6) is 0.433. The van der Waals surface area contributed by atoms with Crippen molar-refractivity contribution in [1.82, 2.24) is 9.97 Å². The largest absolute Gasteiger partial charge is 0.233 e. The first-order valence-corrected chi connectivity index (χ1v) is 5.78. The Labute approximate surface area is 104 Å². The van der Waals surface area contributed by atoms with Crippen LogP contribution in [0.15, 0.2) is 24.3 Å². The zero-order valence-corrected chi connectivity index (χ0v) is 10.4. The van der Waals surface area contributed by atoms with E-state index in [1.54, 1.807) is 12.1 Å². The first-order valence-electron chi connectivity index (χ1n) is 5.40. The van der Waals surface area contributed by atoms with Gasteiger partial charge < -0.3 is 0 Å². The predicted octanol–water partition coefficient (Wildman–Crippen LogP) is 3.81. The summed E-state index contributed by atoms with van der Waals surface area (Å²) in [7, 11) is 0. The predicted molar refractivity (Wildman–Crippen MR) is 66.6 cm³/mol. The van der Waals surface area contributed by atoms with Crippen molar-refractivity contribution in [3.8, 4) is 11.3 Å². The van der Waals surface area contributed by atoms with Gasteiger partial charge in [-0.25, -0.2) is 14.4 Å². The summed E-state index contributed by atoms with van der Waals surface area (Å²) in [6.07, 6.45) is 0.716. The molecule has 1 aromatic heterocycles. The van der Waals surface area contributed by atoms with E-state index in [0.717, 1.165) is 16.8 Å². The quantitative estimate of drug-likeness (QED) is 0.758. The Balaban J connectivity index is 2.57. The summed E-state index contributed by atoms with van der Waals surface area (Å²) in [5.41, 5.74) is 2.43. The van der Waals surface area contributed by atoms with Gasteiger partial charge in [0.2, 0.25) is 0 Å². The topological polar surface area (TPSA) is 25.8 Å². The fourth-order valence-electron chi connectivity index (χ4n) is 1.58. The van der Waals surface area contributed by atoms with Gasteiger partial charge in [0.1, 0.15) is 16.8 Å². The standard InChI is InChI=1S/C13H12ClFN2/c1-3-11-16-12(8(2)13(14)17-11)9-4-6-10(15)7-5-9/h4-7H,3H2,1-2H3. The van der Waals surface area contributed by atoms with Crippen molar-refractivity contribution in [2.75, 3.05) is 0 Å². The molecule has 0 fully saturated rings. The van der Waals surface area contributed by atoms with Crippen molar-refractivity contribution in [2.45, 2.75) is 20.3 Å². The maximum absolute atomic E-state index is 12.9. The Hall–Kier alpha value is -1.48. The van der Waals surface area contributed by atoms with Crippen LogP contribution in [-0.4, -0.2) is 9.97 Å². The van der Waals surface area contributed by atoms with Gasteiger partial charge in [-0.2, -0.15) is 0 Å². The van der Waals surface area contributed by atoms with Crippen LogP contribution in [-0.2, 0) is 6.42 Å². The smallest absolute Gasteiger partial charge is 0.136 e. The summed E-state index contributed by atoms with van der Waals surface area (Å²) in [6.45, 7) is 3.83. The van der Waals surface area contributed by atoms with Crippen LogP contribution >= 0.6 is 11.6 Å². The second kappa shape index (κ2) is 4.80. The van der Waals surface area contributed by atoms with Gasteiger partial charge in [-0.1, -0.05) is 18.5 Å². The lowest BCUT2D eigenvalue weighted by Gasteiger charge is -2.08. The molecular weight excluding hydrogens is 239 g/mol. The zero-order valence-electron chi connectivity index (χ0n) is 9.67. The number of benzene rings is 1. The minimum atomic E-state index is -0.262. The highest BCUT2D eigenvalue weighted by molar-refractivity contribution is 6.30. The van der Waals surface area contributed by atoms with Crippen molar-refractivity contribution < 1.29 is 4.39 Å². The summed E-state index contributed by atoms with van der Waals surface area (Å²) >= 11 is 6.05. The van der Waals surface area contributed by atoms with Crippen molar-refractivity contribution in [3.05, 3.63) is 46.6 Å². The molecule has 0 aliphatic carbocycles. The number of hydrogen-bond acceptors (Lipinski definition) is 2. The highest BCUT2D eigenvalue weighted by Gasteiger charge is 2.10. The van der Waals surface area contributed by atoms with Gasteiger partial charge in [0.15, 0.2) is 0 Å². The third-order valence-electron chi connectivity index (χ3n) is 2.57. The minimum absolute atomic E-state index is 0.262. The number of hydrogen-bond donors (Lipinski definition) is 0. The van der Waals surface area contributed by atoms with Gasteiger partial charge in [0.05, 0.1) is 5.69 Å². The van der Waals surface area contributed by atoms with E-state index in [0.29, 0.717) is 17.4 Å².